The number of H-pyrrole nitrogens is 1. The predicted octanol–water partition coefficient (Wildman–Crippen LogP) is 3.51. The number of piperazine rings is 1. The molecule has 9 heteroatoms. The lowest BCUT2D eigenvalue weighted by Crippen LogP contribution is -2.47. The van der Waals surface area contributed by atoms with Crippen LogP contribution in [-0.2, 0) is 26.8 Å². The number of carbonyl (C=O) groups excluding carboxylic acids is 2. The van der Waals surface area contributed by atoms with Crippen molar-refractivity contribution in [2.24, 2.45) is 0 Å². The van der Waals surface area contributed by atoms with E-state index in [-0.39, 0.29) is 28.9 Å². The van der Waals surface area contributed by atoms with E-state index in [4.69, 9.17) is 0 Å². The van der Waals surface area contributed by atoms with E-state index in [1.165, 1.54) is 0 Å². The summed E-state index contributed by atoms with van der Waals surface area (Å²) in [5.74, 6) is -0.0412. The van der Waals surface area contributed by atoms with E-state index >= 15 is 0 Å². The number of aromatic amines is 1. The summed E-state index contributed by atoms with van der Waals surface area (Å²) in [4.78, 5) is 31.0. The summed E-state index contributed by atoms with van der Waals surface area (Å²) in [6, 6.07) is 15.7. The van der Waals surface area contributed by atoms with E-state index in [1.54, 1.807) is 36.4 Å². The predicted molar refractivity (Wildman–Crippen MR) is 145 cm³/mol. The van der Waals surface area contributed by atoms with Crippen LogP contribution in [0, 0.1) is 6.92 Å². The first-order chi connectivity index (χ1) is 17.7. The summed E-state index contributed by atoms with van der Waals surface area (Å²) in [7, 11) is -1.31. The Hall–Kier alpha value is -3.69. The van der Waals surface area contributed by atoms with Gasteiger partial charge in [0.1, 0.15) is 5.69 Å². The monoisotopic (exact) mass is 520 g/mol. The van der Waals surface area contributed by atoms with Crippen molar-refractivity contribution in [3.8, 4) is 0 Å². The van der Waals surface area contributed by atoms with Gasteiger partial charge in [-0.05, 0) is 61.0 Å². The molecular formula is C28H32N4O4S. The molecule has 1 saturated heterocycles. The molecule has 0 spiro atoms. The summed E-state index contributed by atoms with van der Waals surface area (Å²) in [5, 5.41) is 2.69. The third-order valence-electron chi connectivity index (χ3n) is 6.54. The molecule has 0 saturated carbocycles. The van der Waals surface area contributed by atoms with E-state index in [0.717, 1.165) is 48.6 Å². The number of sulfone groups is 1. The molecule has 2 aromatic carbocycles. The van der Waals surface area contributed by atoms with E-state index in [1.807, 2.05) is 36.1 Å². The fourth-order valence-electron chi connectivity index (χ4n) is 4.36. The van der Waals surface area contributed by atoms with Gasteiger partial charge in [0, 0.05) is 37.6 Å². The Morgan fingerprint density at radius 3 is 2.41 bits per heavy atom. The van der Waals surface area contributed by atoms with Gasteiger partial charge in [0.2, 0.25) is 5.91 Å². The second-order valence-corrected chi connectivity index (χ2v) is 11.4. The molecule has 0 radical (unpaired) electrons. The third-order valence-corrected chi connectivity index (χ3v) is 8.23. The minimum Gasteiger partial charge on any atom is -0.351 e. The van der Waals surface area contributed by atoms with E-state index in [2.05, 4.69) is 28.8 Å². The van der Waals surface area contributed by atoms with Crippen molar-refractivity contribution in [2.75, 3.05) is 38.5 Å². The number of rotatable bonds is 5. The van der Waals surface area contributed by atoms with Crippen LogP contribution in [0.2, 0.25) is 0 Å². The van der Waals surface area contributed by atoms with Gasteiger partial charge in [-0.3, -0.25) is 9.59 Å². The summed E-state index contributed by atoms with van der Waals surface area (Å²) >= 11 is 0. The molecule has 3 aromatic rings. The van der Waals surface area contributed by atoms with Crippen molar-refractivity contribution in [1.29, 1.82) is 0 Å². The number of fused-ring (bicyclic) bond motifs is 1. The van der Waals surface area contributed by atoms with Crippen LogP contribution in [-0.4, -0.2) is 68.2 Å². The first kappa shape index (κ1) is 26.4. The minimum atomic E-state index is -3.39. The van der Waals surface area contributed by atoms with Crippen molar-refractivity contribution in [3.63, 3.8) is 0 Å². The molecule has 2 aliphatic rings. The van der Waals surface area contributed by atoms with Gasteiger partial charge in [-0.1, -0.05) is 36.9 Å². The molecule has 194 valence electrons. The number of aryl methyl sites for hydroxylation is 1. The highest BCUT2D eigenvalue weighted by Crippen LogP contribution is 2.27. The zero-order valence-electron chi connectivity index (χ0n) is 21.2. The topological polar surface area (TPSA) is 103 Å². The summed E-state index contributed by atoms with van der Waals surface area (Å²) in [5.41, 5.74) is 4.86. The SMILES string of the molecule is C=Cc1[nH]c(C(=O)N2CCN(C)CC2)cc1C.O=C1Cc2cc(S(=O)(=O)Cc3ccccc3)ccc2N1. The fourth-order valence-corrected chi connectivity index (χ4v) is 5.75. The van der Waals surface area contributed by atoms with Crippen LogP contribution in [0.4, 0.5) is 5.69 Å². The first-order valence-corrected chi connectivity index (χ1v) is 13.8. The molecule has 2 N–H and O–H groups in total. The van der Waals surface area contributed by atoms with Crippen molar-refractivity contribution in [2.45, 2.75) is 24.0 Å². The van der Waals surface area contributed by atoms with Crippen LogP contribution in [0.5, 0.6) is 0 Å². The molecule has 0 atom stereocenters. The number of likely N-dealkylation sites (N-methyl/N-ethyl adjacent to an activating group) is 1. The Kier molecular flexibility index (Phi) is 7.94. The van der Waals surface area contributed by atoms with Crippen LogP contribution in [0.3, 0.4) is 0 Å². The van der Waals surface area contributed by atoms with Crippen LogP contribution in [0.15, 0.2) is 66.1 Å². The number of amides is 2. The Morgan fingerprint density at radius 1 is 1.05 bits per heavy atom. The summed E-state index contributed by atoms with van der Waals surface area (Å²) in [6.07, 6.45) is 1.99. The first-order valence-electron chi connectivity index (χ1n) is 12.2. The maximum absolute atomic E-state index is 12.4. The maximum Gasteiger partial charge on any atom is 0.270 e. The number of nitrogens with zero attached hydrogens (tertiary/aromatic N) is 2. The van der Waals surface area contributed by atoms with E-state index < -0.39 is 9.84 Å². The van der Waals surface area contributed by atoms with Gasteiger partial charge in [0.05, 0.1) is 17.1 Å². The van der Waals surface area contributed by atoms with Crippen LogP contribution < -0.4 is 5.32 Å². The van der Waals surface area contributed by atoms with Gasteiger partial charge in [-0.15, -0.1) is 0 Å². The Bertz CT molecular complexity index is 1410. The molecular weight excluding hydrogens is 488 g/mol. The molecule has 0 aliphatic carbocycles. The second kappa shape index (κ2) is 11.1. The molecule has 37 heavy (non-hydrogen) atoms. The molecule has 1 fully saturated rings. The van der Waals surface area contributed by atoms with Crippen molar-refractivity contribution in [3.05, 3.63) is 89.3 Å². The number of nitrogens with one attached hydrogen (secondary N) is 2. The molecule has 0 unspecified atom stereocenters. The standard InChI is InChI=1S/C15H13NO3S.C13H19N3O/c17-15-9-12-8-13(6-7-14(12)16-15)20(18,19)10-11-4-2-1-3-5-11;1-4-11-10(2)9-12(14-11)13(17)16-7-5-15(3)6-8-16/h1-8H,9-10H2,(H,16,17);4,9,14H,1,5-8H2,2-3H3. The minimum absolute atomic E-state index is 0.0337. The van der Waals surface area contributed by atoms with Gasteiger partial charge >= 0.3 is 0 Å². The number of hydrogen-bond acceptors (Lipinski definition) is 5. The highest BCUT2D eigenvalue weighted by Gasteiger charge is 2.23. The highest BCUT2D eigenvalue weighted by molar-refractivity contribution is 7.90. The Labute approximate surface area is 217 Å². The lowest BCUT2D eigenvalue weighted by molar-refractivity contribution is -0.115. The normalized spacial score (nSPS) is 15.4. The second-order valence-electron chi connectivity index (χ2n) is 9.37. The molecule has 2 aliphatic heterocycles. The molecule has 8 nitrogen and oxygen atoms in total. The van der Waals surface area contributed by atoms with Gasteiger partial charge in [0.15, 0.2) is 9.84 Å². The molecule has 2 amide bonds. The molecule has 3 heterocycles. The summed E-state index contributed by atoms with van der Waals surface area (Å²) in [6.45, 7) is 9.20. The summed E-state index contributed by atoms with van der Waals surface area (Å²) < 4.78 is 24.8. The molecule has 1 aromatic heterocycles. The number of hydrogen-bond donors (Lipinski definition) is 2. The maximum atomic E-state index is 12.4. The number of anilines is 1. The van der Waals surface area contributed by atoms with Gasteiger partial charge < -0.3 is 20.1 Å². The van der Waals surface area contributed by atoms with E-state index in [9.17, 15) is 18.0 Å². The Morgan fingerprint density at radius 2 is 1.76 bits per heavy atom. The zero-order chi connectivity index (χ0) is 26.6. The van der Waals surface area contributed by atoms with Crippen LogP contribution >= 0.6 is 0 Å². The number of aromatic nitrogens is 1. The third kappa shape index (κ3) is 6.36. The van der Waals surface area contributed by atoms with Crippen molar-refractivity contribution in [1.82, 2.24) is 14.8 Å². The van der Waals surface area contributed by atoms with Crippen molar-refractivity contribution < 1.29 is 18.0 Å². The van der Waals surface area contributed by atoms with Gasteiger partial charge in [-0.25, -0.2) is 8.42 Å². The van der Waals surface area contributed by atoms with Crippen LogP contribution in [0.25, 0.3) is 6.08 Å². The molecule has 5 rings (SSSR count). The Balaban J connectivity index is 0.000000176. The average Bonchev–Trinajstić information content (AvgIpc) is 3.45. The van der Waals surface area contributed by atoms with E-state index in [0.29, 0.717) is 11.4 Å². The van der Waals surface area contributed by atoms with Crippen LogP contribution in [0.1, 0.15) is 32.9 Å². The molecule has 0 bridgehead atoms. The lowest BCUT2D eigenvalue weighted by Gasteiger charge is -2.32. The van der Waals surface area contributed by atoms with Crippen molar-refractivity contribution >= 4 is 33.4 Å². The zero-order valence-corrected chi connectivity index (χ0v) is 22.0. The van der Waals surface area contributed by atoms with Gasteiger partial charge in [0.25, 0.3) is 5.91 Å². The fraction of sp³-hybridized carbons (Fsp3) is 0.286. The quantitative estimate of drug-likeness (QED) is 0.536. The highest BCUT2D eigenvalue weighted by atomic mass is 32.2. The average molecular weight is 521 g/mol. The number of benzene rings is 2. The lowest BCUT2D eigenvalue weighted by atomic mass is 10.2. The van der Waals surface area contributed by atoms with Gasteiger partial charge in [-0.2, -0.15) is 0 Å². The largest absolute Gasteiger partial charge is 0.351 e. The number of carbonyl (C=O) groups is 2. The smallest absolute Gasteiger partial charge is 0.270 e.